The van der Waals surface area contributed by atoms with Gasteiger partial charge in [-0.3, -0.25) is 9.59 Å². The number of para-hydroxylation sites is 1. The standard InChI is InChI=1S/C21H23N3O3/c25-20(15-10-12-24(13-11-15)21(26)16-6-7-16)23-17-8-9-19(22-14-17)27-18-4-2-1-3-5-18/h1-5,8-9,14-16H,6-7,10-13H2,(H,23,25). The zero-order valence-electron chi connectivity index (χ0n) is 15.1. The molecule has 0 spiro atoms. The van der Waals surface area contributed by atoms with Gasteiger partial charge in [0.1, 0.15) is 5.75 Å². The number of nitrogens with one attached hydrogen (secondary N) is 1. The van der Waals surface area contributed by atoms with Crippen molar-refractivity contribution < 1.29 is 14.3 Å². The highest BCUT2D eigenvalue weighted by atomic mass is 16.5. The molecule has 0 radical (unpaired) electrons. The quantitative estimate of drug-likeness (QED) is 0.881. The molecule has 1 aliphatic heterocycles. The van der Waals surface area contributed by atoms with E-state index in [4.69, 9.17) is 4.74 Å². The number of benzene rings is 1. The molecular formula is C21H23N3O3. The number of likely N-dealkylation sites (tertiary alicyclic amines) is 1. The minimum absolute atomic E-state index is 0.00736. The number of piperidine rings is 1. The normalized spacial score (nSPS) is 17.4. The predicted octanol–water partition coefficient (Wildman–Crippen LogP) is 3.46. The van der Waals surface area contributed by atoms with Crippen LogP contribution in [0.5, 0.6) is 11.6 Å². The number of carbonyl (C=O) groups is 2. The van der Waals surface area contributed by atoms with Crippen molar-refractivity contribution in [3.05, 3.63) is 48.7 Å². The van der Waals surface area contributed by atoms with Gasteiger partial charge in [-0.2, -0.15) is 0 Å². The Hall–Kier alpha value is -2.89. The van der Waals surface area contributed by atoms with Crippen LogP contribution in [0.2, 0.25) is 0 Å². The average molecular weight is 365 g/mol. The van der Waals surface area contributed by atoms with Gasteiger partial charge in [0.2, 0.25) is 17.7 Å². The van der Waals surface area contributed by atoms with Crippen LogP contribution >= 0.6 is 0 Å². The van der Waals surface area contributed by atoms with Gasteiger partial charge in [0.15, 0.2) is 0 Å². The highest BCUT2D eigenvalue weighted by molar-refractivity contribution is 5.92. The van der Waals surface area contributed by atoms with Crippen molar-refractivity contribution in [2.24, 2.45) is 11.8 Å². The Bertz CT molecular complexity index is 795. The van der Waals surface area contributed by atoms with Gasteiger partial charge in [-0.25, -0.2) is 4.98 Å². The highest BCUT2D eigenvalue weighted by Gasteiger charge is 2.35. The fourth-order valence-electron chi connectivity index (χ4n) is 3.32. The molecule has 2 amide bonds. The average Bonchev–Trinajstić information content (AvgIpc) is 3.55. The molecule has 1 saturated carbocycles. The van der Waals surface area contributed by atoms with Crippen molar-refractivity contribution in [1.82, 2.24) is 9.88 Å². The number of amides is 2. The van der Waals surface area contributed by atoms with Crippen LogP contribution in [0, 0.1) is 11.8 Å². The van der Waals surface area contributed by atoms with Crippen LogP contribution in [-0.4, -0.2) is 34.8 Å². The lowest BCUT2D eigenvalue weighted by atomic mass is 9.95. The Morgan fingerprint density at radius 3 is 2.33 bits per heavy atom. The second kappa shape index (κ2) is 7.78. The molecule has 1 saturated heterocycles. The van der Waals surface area contributed by atoms with Gasteiger partial charge in [-0.15, -0.1) is 0 Å². The third kappa shape index (κ3) is 4.45. The summed E-state index contributed by atoms with van der Waals surface area (Å²) in [5.41, 5.74) is 0.650. The summed E-state index contributed by atoms with van der Waals surface area (Å²) in [6, 6.07) is 13.0. The van der Waals surface area contributed by atoms with E-state index in [0.717, 1.165) is 12.8 Å². The minimum atomic E-state index is -0.0616. The van der Waals surface area contributed by atoms with Crippen molar-refractivity contribution in [2.75, 3.05) is 18.4 Å². The van der Waals surface area contributed by atoms with Crippen molar-refractivity contribution in [3.8, 4) is 11.6 Å². The second-order valence-electron chi connectivity index (χ2n) is 7.16. The summed E-state index contributed by atoms with van der Waals surface area (Å²) in [7, 11) is 0. The van der Waals surface area contributed by atoms with E-state index in [0.29, 0.717) is 43.2 Å². The molecule has 1 aromatic carbocycles. The summed E-state index contributed by atoms with van der Waals surface area (Å²) in [6.45, 7) is 1.35. The lowest BCUT2D eigenvalue weighted by Crippen LogP contribution is -2.42. The van der Waals surface area contributed by atoms with E-state index in [1.807, 2.05) is 35.2 Å². The zero-order valence-corrected chi connectivity index (χ0v) is 15.1. The topological polar surface area (TPSA) is 71.5 Å². The van der Waals surface area contributed by atoms with E-state index in [2.05, 4.69) is 10.3 Å². The molecule has 6 heteroatoms. The van der Waals surface area contributed by atoms with Crippen LogP contribution in [0.3, 0.4) is 0 Å². The first-order valence-corrected chi connectivity index (χ1v) is 9.47. The second-order valence-corrected chi connectivity index (χ2v) is 7.16. The number of hydrogen-bond acceptors (Lipinski definition) is 4. The van der Waals surface area contributed by atoms with Gasteiger partial charge in [-0.1, -0.05) is 18.2 Å². The van der Waals surface area contributed by atoms with E-state index >= 15 is 0 Å². The maximum Gasteiger partial charge on any atom is 0.227 e. The first-order valence-electron chi connectivity index (χ1n) is 9.47. The molecule has 6 nitrogen and oxygen atoms in total. The molecule has 0 bridgehead atoms. The number of aromatic nitrogens is 1. The van der Waals surface area contributed by atoms with E-state index in [1.54, 1.807) is 18.3 Å². The van der Waals surface area contributed by atoms with Crippen molar-refractivity contribution in [1.29, 1.82) is 0 Å². The maximum absolute atomic E-state index is 12.5. The molecule has 1 N–H and O–H groups in total. The lowest BCUT2D eigenvalue weighted by Gasteiger charge is -2.31. The molecular weight excluding hydrogens is 342 g/mol. The Kier molecular flexibility index (Phi) is 5.05. The van der Waals surface area contributed by atoms with Crippen LogP contribution in [0.15, 0.2) is 48.7 Å². The maximum atomic E-state index is 12.5. The fraction of sp³-hybridized carbons (Fsp3) is 0.381. The van der Waals surface area contributed by atoms with Crippen LogP contribution in [0.4, 0.5) is 5.69 Å². The summed E-state index contributed by atoms with van der Waals surface area (Å²) in [6.07, 6.45) is 5.08. The molecule has 27 heavy (non-hydrogen) atoms. The van der Waals surface area contributed by atoms with Crippen molar-refractivity contribution in [3.63, 3.8) is 0 Å². The number of anilines is 1. The molecule has 0 atom stereocenters. The van der Waals surface area contributed by atoms with Gasteiger partial charge < -0.3 is 15.0 Å². The molecule has 2 heterocycles. The smallest absolute Gasteiger partial charge is 0.227 e. The number of ether oxygens (including phenoxy) is 1. The zero-order chi connectivity index (χ0) is 18.6. The lowest BCUT2D eigenvalue weighted by molar-refractivity contribution is -0.135. The van der Waals surface area contributed by atoms with Crippen LogP contribution in [0.1, 0.15) is 25.7 Å². The Morgan fingerprint density at radius 1 is 0.963 bits per heavy atom. The first kappa shape index (κ1) is 17.5. The molecule has 2 aromatic rings. The largest absolute Gasteiger partial charge is 0.439 e. The Morgan fingerprint density at radius 2 is 1.70 bits per heavy atom. The SMILES string of the molecule is O=C(Nc1ccc(Oc2ccccc2)nc1)C1CCN(C(=O)C2CC2)CC1. The van der Waals surface area contributed by atoms with Gasteiger partial charge in [-0.05, 0) is 43.9 Å². The third-order valence-corrected chi connectivity index (χ3v) is 5.07. The van der Waals surface area contributed by atoms with Crippen LogP contribution in [0.25, 0.3) is 0 Å². The van der Waals surface area contributed by atoms with Gasteiger partial charge in [0.25, 0.3) is 0 Å². The first-order chi connectivity index (χ1) is 13.2. The van der Waals surface area contributed by atoms with E-state index in [1.165, 1.54) is 0 Å². The van der Waals surface area contributed by atoms with Crippen molar-refractivity contribution in [2.45, 2.75) is 25.7 Å². The number of pyridine rings is 1. The predicted molar refractivity (Wildman–Crippen MR) is 101 cm³/mol. The molecule has 1 aromatic heterocycles. The highest BCUT2D eigenvalue weighted by Crippen LogP contribution is 2.32. The van der Waals surface area contributed by atoms with E-state index < -0.39 is 0 Å². The summed E-state index contributed by atoms with van der Waals surface area (Å²) in [5.74, 6) is 1.64. The van der Waals surface area contributed by atoms with Gasteiger partial charge in [0.05, 0.1) is 11.9 Å². The summed E-state index contributed by atoms with van der Waals surface area (Å²) < 4.78 is 5.65. The summed E-state index contributed by atoms with van der Waals surface area (Å²) in [4.78, 5) is 30.7. The van der Waals surface area contributed by atoms with E-state index in [9.17, 15) is 9.59 Å². The third-order valence-electron chi connectivity index (χ3n) is 5.07. The summed E-state index contributed by atoms with van der Waals surface area (Å²) in [5, 5.41) is 2.92. The van der Waals surface area contributed by atoms with Crippen molar-refractivity contribution >= 4 is 17.5 Å². The molecule has 2 fully saturated rings. The number of carbonyl (C=O) groups excluding carboxylic acids is 2. The van der Waals surface area contributed by atoms with Crippen LogP contribution < -0.4 is 10.1 Å². The van der Waals surface area contributed by atoms with Crippen LogP contribution in [-0.2, 0) is 9.59 Å². The minimum Gasteiger partial charge on any atom is -0.439 e. The fourth-order valence-corrected chi connectivity index (χ4v) is 3.32. The van der Waals surface area contributed by atoms with Gasteiger partial charge >= 0.3 is 0 Å². The molecule has 4 rings (SSSR count). The monoisotopic (exact) mass is 365 g/mol. The molecule has 0 unspecified atom stereocenters. The van der Waals surface area contributed by atoms with Gasteiger partial charge in [0, 0.05) is 31.0 Å². The number of hydrogen-bond donors (Lipinski definition) is 1. The molecule has 1 aliphatic carbocycles. The Labute approximate surface area is 158 Å². The molecule has 140 valence electrons. The number of rotatable bonds is 5. The van der Waals surface area contributed by atoms with E-state index in [-0.39, 0.29) is 23.7 Å². The summed E-state index contributed by atoms with van der Waals surface area (Å²) >= 11 is 0. The molecule has 2 aliphatic rings. The number of nitrogens with zero attached hydrogens (tertiary/aromatic N) is 2. The Balaban J connectivity index is 1.27.